The maximum Gasteiger partial charge on any atom is -0.0533 e. The van der Waals surface area contributed by atoms with Crippen LogP contribution in [-0.4, -0.2) is 101 Å². The normalized spacial score (nSPS) is 8.13. The Hall–Kier alpha value is -0.784. The van der Waals surface area contributed by atoms with Crippen LogP contribution in [0.15, 0.2) is 0 Å². The van der Waals surface area contributed by atoms with Gasteiger partial charge in [0.1, 0.15) is 0 Å². The second-order valence-electron chi connectivity index (χ2n) is 5.32. The third-order valence-electron chi connectivity index (χ3n) is 1.78. The maximum atomic E-state index is 10.2. The fraction of sp³-hybridized carbons (Fsp3) is 0.562. The molecular weight excluding hydrogens is 728 g/mol. The molecule has 175 valence electrons. The number of hydrogen-bond donors (Lipinski definition) is 6. The summed E-state index contributed by atoms with van der Waals surface area (Å²) in [5.41, 5.74) is 0. The van der Waals surface area contributed by atoms with Crippen LogP contribution in [0.2, 0.25) is 0 Å². The number of hydrogen-bond acceptors (Lipinski definition) is 6. The second kappa shape index (κ2) is 29.2. The molecule has 0 aromatic heterocycles. The van der Waals surface area contributed by atoms with Gasteiger partial charge >= 0.3 is 192 Å². The Bertz CT molecular complexity index is 437. The summed E-state index contributed by atoms with van der Waals surface area (Å²) in [4.78, 5) is 61.2. The molecule has 0 aliphatic heterocycles. The molecule has 6 amide bonds. The van der Waals surface area contributed by atoms with Gasteiger partial charge in [-0.05, 0) is 0 Å². The summed E-state index contributed by atoms with van der Waals surface area (Å²) in [6, 6.07) is 0. The molecule has 0 atom stereocenters. The largest absolute Gasteiger partial charge is 0.0654 e. The molecule has 31 heavy (non-hydrogen) atoms. The van der Waals surface area contributed by atoms with E-state index in [9.17, 15) is 28.8 Å². The minimum atomic E-state index is -1.13. The Morgan fingerprint density at radius 3 is 0.710 bits per heavy atom. The summed E-state index contributed by atoms with van der Waals surface area (Å²) in [5, 5.41) is 0. The van der Waals surface area contributed by atoms with Crippen molar-refractivity contribution < 1.29 is 28.8 Å². The molecule has 0 heterocycles. The topological polar surface area (TPSA) is 175 Å². The molecule has 6 N–H and O–H groups in total. The van der Waals surface area contributed by atoms with Gasteiger partial charge in [0.15, 0.2) is 0 Å². The molecule has 0 saturated carbocycles. The SMILES string of the molecule is CC(=O)[NH][Sn][NH]C(C)=O.CC(=O)[NH][Sn][NH]C(C)=O.CC(=O)[NH][Sn][NH]C(C)=O.[CH2]CCC. The van der Waals surface area contributed by atoms with Crippen molar-refractivity contribution in [2.45, 2.75) is 61.3 Å². The van der Waals surface area contributed by atoms with Crippen LogP contribution in [0.4, 0.5) is 0 Å². The first-order chi connectivity index (χ1) is 14.3. The van der Waals surface area contributed by atoms with Crippen molar-refractivity contribution in [3.8, 4) is 0 Å². The third-order valence-corrected chi connectivity index (χ3v) is 9.95. The van der Waals surface area contributed by atoms with E-state index in [2.05, 4.69) is 35.1 Å². The van der Waals surface area contributed by atoms with Gasteiger partial charge in [0.05, 0.1) is 0 Å². The number of carbonyl (C=O) groups is 6. The zero-order valence-electron chi connectivity index (χ0n) is 19.1. The molecule has 0 spiro atoms. The molecular formula is C16H33N6O6Sn3. The average molecular weight is 762 g/mol. The molecule has 0 bridgehead atoms. The van der Waals surface area contributed by atoms with Gasteiger partial charge in [0, 0.05) is 0 Å². The van der Waals surface area contributed by atoms with E-state index in [0.717, 1.165) is 6.42 Å². The van der Waals surface area contributed by atoms with Crippen molar-refractivity contribution in [2.75, 3.05) is 0 Å². The molecule has 0 saturated heterocycles. The van der Waals surface area contributed by atoms with Crippen molar-refractivity contribution >= 4 is 101 Å². The maximum absolute atomic E-state index is 10.2. The summed E-state index contributed by atoms with van der Waals surface area (Å²) in [6.45, 7) is 14.3. The van der Waals surface area contributed by atoms with Gasteiger partial charge in [0.2, 0.25) is 0 Å². The zero-order valence-corrected chi connectivity index (χ0v) is 27.6. The Labute approximate surface area is 217 Å². The van der Waals surface area contributed by atoms with Crippen LogP contribution in [0.25, 0.3) is 0 Å². The molecule has 0 aromatic carbocycles. The first-order valence-corrected chi connectivity index (χ1v) is 17.5. The quantitative estimate of drug-likeness (QED) is 0.164. The van der Waals surface area contributed by atoms with E-state index in [4.69, 9.17) is 0 Å². The van der Waals surface area contributed by atoms with E-state index in [1.807, 2.05) is 0 Å². The Kier molecular flexibility index (Phi) is 35.4. The number of amides is 6. The minimum Gasteiger partial charge on any atom is -0.0654 e. The Balaban J connectivity index is -0.000000162. The van der Waals surface area contributed by atoms with Crippen molar-refractivity contribution in [3.63, 3.8) is 0 Å². The molecule has 0 aliphatic carbocycles. The van der Waals surface area contributed by atoms with Crippen LogP contribution >= 0.6 is 0 Å². The molecule has 12 nitrogen and oxygen atoms in total. The summed E-state index contributed by atoms with van der Waals surface area (Å²) in [6.07, 6.45) is 2.28. The third kappa shape index (κ3) is 65.2. The summed E-state index contributed by atoms with van der Waals surface area (Å²) >= 11 is -3.38. The number of unbranched alkanes of at least 4 members (excludes halogenated alkanes) is 1. The molecule has 0 rings (SSSR count). The standard InChI is InChI=1S/C4H9.6C2H5NO.3Sn/c1-3-4-2;6*1-2(3)4;;;/h1,3-4H2,2H3;6*1H3,(H2,3,4);;;/q;;;;;;;3*+2/p-6. The first kappa shape index (κ1) is 37.5. The van der Waals surface area contributed by atoms with Crippen LogP contribution in [0, 0.1) is 6.92 Å². The van der Waals surface area contributed by atoms with Crippen LogP contribution in [0.3, 0.4) is 0 Å². The predicted molar refractivity (Wildman–Crippen MR) is 120 cm³/mol. The summed E-state index contributed by atoms with van der Waals surface area (Å²) in [5.74, 6) is -0.442. The monoisotopic (exact) mass is 765 g/mol. The summed E-state index contributed by atoms with van der Waals surface area (Å²) in [7, 11) is 0. The number of nitrogens with one attached hydrogen (secondary N) is 6. The fourth-order valence-corrected chi connectivity index (χ4v) is 4.17. The molecule has 0 aromatic rings. The van der Waals surface area contributed by atoms with E-state index in [1.54, 1.807) is 0 Å². The van der Waals surface area contributed by atoms with Crippen LogP contribution in [0.5, 0.6) is 0 Å². The molecule has 0 fully saturated rings. The number of rotatable bonds is 7. The van der Waals surface area contributed by atoms with Crippen molar-refractivity contribution in [2.24, 2.45) is 0 Å². The smallest absolute Gasteiger partial charge is 0.0533 e. The average Bonchev–Trinajstić information content (AvgIpc) is 2.61. The molecule has 15 heteroatoms. The van der Waals surface area contributed by atoms with Gasteiger partial charge in [-0.3, -0.25) is 0 Å². The fourth-order valence-electron chi connectivity index (χ4n) is 0.622. The predicted octanol–water partition coefficient (Wildman–Crippen LogP) is -2.00. The van der Waals surface area contributed by atoms with E-state index < -0.39 is 65.1 Å². The van der Waals surface area contributed by atoms with Crippen LogP contribution in [0.1, 0.15) is 61.3 Å². The van der Waals surface area contributed by atoms with E-state index >= 15 is 0 Å². The van der Waals surface area contributed by atoms with Crippen LogP contribution in [-0.2, 0) is 28.8 Å². The Morgan fingerprint density at radius 2 is 0.645 bits per heavy atom. The summed E-state index contributed by atoms with van der Waals surface area (Å²) < 4.78 is 15.5. The zero-order chi connectivity index (χ0) is 25.2. The van der Waals surface area contributed by atoms with Gasteiger partial charge in [-0.15, -0.1) is 0 Å². The molecule has 0 unspecified atom stereocenters. The second-order valence-corrected chi connectivity index (χ2v) is 11.7. The molecule has 7 radical (unpaired) electrons. The van der Waals surface area contributed by atoms with Gasteiger partial charge in [0.25, 0.3) is 0 Å². The van der Waals surface area contributed by atoms with Crippen molar-refractivity contribution in [1.82, 2.24) is 21.2 Å². The Morgan fingerprint density at radius 1 is 0.516 bits per heavy atom. The van der Waals surface area contributed by atoms with Gasteiger partial charge in [-0.25, -0.2) is 0 Å². The van der Waals surface area contributed by atoms with Gasteiger partial charge < -0.3 is 0 Å². The van der Waals surface area contributed by atoms with Crippen molar-refractivity contribution in [3.05, 3.63) is 6.92 Å². The van der Waals surface area contributed by atoms with E-state index in [0.29, 0.717) is 0 Å². The minimum absolute atomic E-state index is 0.0737. The van der Waals surface area contributed by atoms with E-state index in [1.165, 1.54) is 48.0 Å². The van der Waals surface area contributed by atoms with Crippen molar-refractivity contribution in [1.29, 1.82) is 0 Å². The van der Waals surface area contributed by atoms with Crippen LogP contribution < -0.4 is 21.2 Å². The van der Waals surface area contributed by atoms with Gasteiger partial charge in [-0.2, -0.15) is 0 Å². The number of carbonyl (C=O) groups excluding carboxylic acids is 6. The van der Waals surface area contributed by atoms with E-state index in [-0.39, 0.29) is 35.4 Å². The first-order valence-electron chi connectivity index (χ1n) is 8.93. The molecule has 0 aliphatic rings. The van der Waals surface area contributed by atoms with Gasteiger partial charge in [-0.1, -0.05) is 26.7 Å².